The van der Waals surface area contributed by atoms with Gasteiger partial charge in [-0.2, -0.15) is 0 Å². The Morgan fingerprint density at radius 2 is 1.76 bits per heavy atom. The lowest BCUT2D eigenvalue weighted by Crippen LogP contribution is -2.36. The number of hydrogen-bond acceptors (Lipinski definition) is 6. The molecular weight excluding hydrogens is 378 g/mol. The molecule has 9 nitrogen and oxygen atoms in total. The largest absolute Gasteiger partial charge is 0.478 e. The predicted octanol–water partition coefficient (Wildman–Crippen LogP) is 2.40. The molecule has 1 aliphatic rings. The number of ether oxygens (including phenoxy) is 1. The Labute approximate surface area is 167 Å². The van der Waals surface area contributed by atoms with Crippen molar-refractivity contribution < 1.29 is 24.4 Å². The van der Waals surface area contributed by atoms with Crippen LogP contribution in [0.2, 0.25) is 0 Å². The number of carboxylic acid groups (broad SMARTS) is 1. The fourth-order valence-electron chi connectivity index (χ4n) is 3.19. The predicted molar refractivity (Wildman–Crippen MR) is 105 cm³/mol. The molecule has 1 N–H and O–H groups in total. The number of anilines is 1. The van der Waals surface area contributed by atoms with Gasteiger partial charge >= 0.3 is 5.97 Å². The second-order valence-corrected chi connectivity index (χ2v) is 6.72. The molecular formula is C20H21N3O6. The Balaban J connectivity index is 1.77. The molecule has 2 aromatic carbocycles. The van der Waals surface area contributed by atoms with Crippen molar-refractivity contribution in [2.75, 3.05) is 38.3 Å². The fourth-order valence-corrected chi connectivity index (χ4v) is 3.19. The lowest BCUT2D eigenvalue weighted by atomic mass is 10.1. The van der Waals surface area contributed by atoms with Gasteiger partial charge < -0.3 is 19.6 Å². The number of carboxylic acids is 1. The molecule has 0 aromatic heterocycles. The third kappa shape index (κ3) is 4.69. The molecule has 152 valence electrons. The van der Waals surface area contributed by atoms with Gasteiger partial charge in [-0.15, -0.1) is 0 Å². The second-order valence-electron chi connectivity index (χ2n) is 6.72. The number of nitro benzene ring substituents is 1. The van der Waals surface area contributed by atoms with Gasteiger partial charge in [0.25, 0.3) is 11.6 Å². The van der Waals surface area contributed by atoms with E-state index >= 15 is 0 Å². The zero-order valence-electron chi connectivity index (χ0n) is 15.9. The first-order chi connectivity index (χ1) is 13.9. The van der Waals surface area contributed by atoms with Gasteiger partial charge in [-0.3, -0.25) is 14.9 Å². The van der Waals surface area contributed by atoms with Crippen molar-refractivity contribution in [3.63, 3.8) is 0 Å². The van der Waals surface area contributed by atoms with E-state index in [4.69, 9.17) is 9.84 Å². The summed E-state index contributed by atoms with van der Waals surface area (Å²) in [7, 11) is 1.59. The van der Waals surface area contributed by atoms with Crippen LogP contribution in [0.5, 0.6) is 0 Å². The molecule has 1 amide bonds. The van der Waals surface area contributed by atoms with Crippen molar-refractivity contribution in [2.24, 2.45) is 0 Å². The van der Waals surface area contributed by atoms with Crippen LogP contribution >= 0.6 is 0 Å². The van der Waals surface area contributed by atoms with Crippen molar-refractivity contribution in [1.82, 2.24) is 4.90 Å². The molecule has 3 rings (SSSR count). The number of carbonyl (C=O) groups is 2. The van der Waals surface area contributed by atoms with Gasteiger partial charge in [-0.25, -0.2) is 4.79 Å². The summed E-state index contributed by atoms with van der Waals surface area (Å²) in [5.74, 6) is -1.38. The lowest BCUT2D eigenvalue weighted by Gasteiger charge is -2.28. The number of morpholine rings is 1. The minimum Gasteiger partial charge on any atom is -0.478 e. The van der Waals surface area contributed by atoms with Crippen LogP contribution < -0.4 is 4.90 Å². The van der Waals surface area contributed by atoms with E-state index in [1.807, 2.05) is 4.90 Å². The molecule has 1 aliphatic heterocycles. The van der Waals surface area contributed by atoms with E-state index in [1.165, 1.54) is 23.1 Å². The average Bonchev–Trinajstić information content (AvgIpc) is 2.73. The topological polar surface area (TPSA) is 113 Å². The SMILES string of the molecule is CN(Cc1ccc(C(=O)O)cc1)C(=O)c1ccc(N2CCOCC2)c([N+](=O)[O-])c1. The normalized spacial score (nSPS) is 13.8. The monoisotopic (exact) mass is 399 g/mol. The maximum atomic E-state index is 12.8. The molecule has 0 bridgehead atoms. The van der Waals surface area contributed by atoms with E-state index in [9.17, 15) is 19.7 Å². The molecule has 29 heavy (non-hydrogen) atoms. The summed E-state index contributed by atoms with van der Waals surface area (Å²) < 4.78 is 5.29. The van der Waals surface area contributed by atoms with Gasteiger partial charge in [0, 0.05) is 38.3 Å². The summed E-state index contributed by atoms with van der Waals surface area (Å²) in [6.45, 7) is 2.36. The first-order valence-electron chi connectivity index (χ1n) is 9.05. The van der Waals surface area contributed by atoms with Crippen LogP contribution in [0.1, 0.15) is 26.3 Å². The van der Waals surface area contributed by atoms with Crippen molar-refractivity contribution >= 4 is 23.3 Å². The summed E-state index contributed by atoms with van der Waals surface area (Å²) in [5.41, 5.74) is 1.50. The Kier molecular flexibility index (Phi) is 6.08. The minimum atomic E-state index is -1.02. The Hall–Kier alpha value is -3.46. The van der Waals surface area contributed by atoms with Gasteiger partial charge in [0.1, 0.15) is 5.69 Å². The van der Waals surface area contributed by atoms with E-state index in [-0.39, 0.29) is 29.3 Å². The van der Waals surface area contributed by atoms with E-state index in [0.717, 1.165) is 5.56 Å². The molecule has 2 aromatic rings. The number of nitrogens with zero attached hydrogens (tertiary/aromatic N) is 3. The summed E-state index contributed by atoms with van der Waals surface area (Å²) in [5, 5.41) is 20.5. The van der Waals surface area contributed by atoms with Crippen LogP contribution in [0.15, 0.2) is 42.5 Å². The van der Waals surface area contributed by atoms with Crippen molar-refractivity contribution in [3.8, 4) is 0 Å². The van der Waals surface area contributed by atoms with Crippen LogP contribution in [0.25, 0.3) is 0 Å². The first kappa shape index (κ1) is 20.3. The number of aromatic carboxylic acids is 1. The number of nitro groups is 1. The summed E-state index contributed by atoms with van der Waals surface area (Å²) in [6.07, 6.45) is 0. The third-order valence-electron chi connectivity index (χ3n) is 4.74. The van der Waals surface area contributed by atoms with Crippen LogP contribution in [-0.4, -0.2) is 60.2 Å². The first-order valence-corrected chi connectivity index (χ1v) is 9.05. The molecule has 0 radical (unpaired) electrons. The molecule has 9 heteroatoms. The highest BCUT2D eigenvalue weighted by atomic mass is 16.6. The molecule has 1 heterocycles. The van der Waals surface area contributed by atoms with Crippen LogP contribution in [0.3, 0.4) is 0 Å². The zero-order chi connectivity index (χ0) is 21.0. The van der Waals surface area contributed by atoms with E-state index in [2.05, 4.69) is 0 Å². The highest BCUT2D eigenvalue weighted by Crippen LogP contribution is 2.30. The molecule has 0 aliphatic carbocycles. The number of benzene rings is 2. The molecule has 1 fully saturated rings. The van der Waals surface area contributed by atoms with E-state index in [0.29, 0.717) is 32.0 Å². The average molecular weight is 399 g/mol. The van der Waals surface area contributed by atoms with Crippen LogP contribution in [-0.2, 0) is 11.3 Å². The minimum absolute atomic E-state index is 0.114. The summed E-state index contributed by atoms with van der Waals surface area (Å²) in [6, 6.07) is 10.7. The van der Waals surface area contributed by atoms with Gasteiger partial charge in [-0.1, -0.05) is 12.1 Å². The summed E-state index contributed by atoms with van der Waals surface area (Å²) in [4.78, 5) is 38.1. The van der Waals surface area contributed by atoms with E-state index in [1.54, 1.807) is 31.3 Å². The second kappa shape index (κ2) is 8.70. The van der Waals surface area contributed by atoms with Crippen LogP contribution in [0.4, 0.5) is 11.4 Å². The smallest absolute Gasteiger partial charge is 0.335 e. The van der Waals surface area contributed by atoms with Gasteiger partial charge in [-0.05, 0) is 29.8 Å². The quantitative estimate of drug-likeness (QED) is 0.586. The Morgan fingerprint density at radius 3 is 2.34 bits per heavy atom. The number of amides is 1. The maximum absolute atomic E-state index is 12.8. The van der Waals surface area contributed by atoms with Gasteiger partial charge in [0.05, 0.1) is 23.7 Å². The lowest BCUT2D eigenvalue weighted by molar-refractivity contribution is -0.384. The zero-order valence-corrected chi connectivity index (χ0v) is 15.9. The maximum Gasteiger partial charge on any atom is 0.335 e. The number of carbonyl (C=O) groups excluding carboxylic acids is 1. The molecule has 1 saturated heterocycles. The third-order valence-corrected chi connectivity index (χ3v) is 4.74. The number of hydrogen-bond donors (Lipinski definition) is 1. The Bertz CT molecular complexity index is 922. The molecule has 0 saturated carbocycles. The van der Waals surface area contributed by atoms with Crippen molar-refractivity contribution in [2.45, 2.75) is 6.54 Å². The number of rotatable bonds is 6. The molecule has 0 unspecified atom stereocenters. The molecule has 0 atom stereocenters. The fraction of sp³-hybridized carbons (Fsp3) is 0.300. The van der Waals surface area contributed by atoms with E-state index < -0.39 is 10.9 Å². The van der Waals surface area contributed by atoms with Gasteiger partial charge in [0.2, 0.25) is 0 Å². The van der Waals surface area contributed by atoms with Crippen molar-refractivity contribution in [3.05, 3.63) is 69.3 Å². The van der Waals surface area contributed by atoms with Crippen LogP contribution in [0, 0.1) is 10.1 Å². The molecule has 0 spiro atoms. The standard InChI is InChI=1S/C20H21N3O6/c1-21(13-14-2-4-15(5-3-14)20(25)26)19(24)16-6-7-17(18(12-16)23(27)28)22-8-10-29-11-9-22/h2-7,12H,8-11,13H2,1H3,(H,25,26). The summed E-state index contributed by atoms with van der Waals surface area (Å²) >= 11 is 0. The highest BCUT2D eigenvalue weighted by molar-refractivity contribution is 5.95. The Morgan fingerprint density at radius 1 is 1.14 bits per heavy atom. The van der Waals surface area contributed by atoms with Crippen molar-refractivity contribution in [1.29, 1.82) is 0 Å². The highest BCUT2D eigenvalue weighted by Gasteiger charge is 2.24. The van der Waals surface area contributed by atoms with Gasteiger partial charge in [0.15, 0.2) is 0 Å².